The Labute approximate surface area is 148 Å². The average Bonchev–Trinajstić information content (AvgIpc) is 3.13. The van der Waals surface area contributed by atoms with Gasteiger partial charge in [0.1, 0.15) is 5.82 Å². The third-order valence-electron chi connectivity index (χ3n) is 5.55. The first-order chi connectivity index (χ1) is 11.0. The zero-order valence-corrected chi connectivity index (χ0v) is 14.5. The maximum Gasteiger partial charge on any atom is 0.223 e. The first-order valence-electron chi connectivity index (χ1n) is 8.48. The molecular weight excluding hydrogens is 331 g/mol. The largest absolute Gasteiger partial charge is 0.391 e. The van der Waals surface area contributed by atoms with Crippen LogP contribution in [0.3, 0.4) is 0 Å². The van der Waals surface area contributed by atoms with Crippen LogP contribution in [-0.2, 0) is 10.2 Å². The smallest absolute Gasteiger partial charge is 0.223 e. The number of nitrogens with two attached hydrogens (primary N) is 1. The second-order valence-corrected chi connectivity index (χ2v) is 7.12. The van der Waals surface area contributed by atoms with Crippen LogP contribution in [0, 0.1) is 11.7 Å². The molecule has 0 saturated heterocycles. The number of nitrogens with one attached hydrogen (secondary N) is 1. The van der Waals surface area contributed by atoms with Crippen molar-refractivity contribution in [2.24, 2.45) is 11.7 Å². The van der Waals surface area contributed by atoms with Crippen molar-refractivity contribution in [3.63, 3.8) is 0 Å². The summed E-state index contributed by atoms with van der Waals surface area (Å²) in [6.07, 6.45) is 4.49. The van der Waals surface area contributed by atoms with Gasteiger partial charge in [0.15, 0.2) is 0 Å². The van der Waals surface area contributed by atoms with Crippen LogP contribution in [-0.4, -0.2) is 29.7 Å². The molecule has 2 saturated carbocycles. The second-order valence-electron chi connectivity index (χ2n) is 7.12. The normalized spacial score (nSPS) is 28.4. The zero-order valence-electron chi connectivity index (χ0n) is 13.7. The van der Waals surface area contributed by atoms with Crippen molar-refractivity contribution in [1.29, 1.82) is 0 Å². The Morgan fingerprint density at radius 1 is 1.33 bits per heavy atom. The lowest BCUT2D eigenvalue weighted by molar-refractivity contribution is -0.125. The summed E-state index contributed by atoms with van der Waals surface area (Å²) in [5.74, 6) is -0.490. The van der Waals surface area contributed by atoms with Crippen molar-refractivity contribution in [2.45, 2.75) is 56.1 Å². The van der Waals surface area contributed by atoms with Gasteiger partial charge >= 0.3 is 0 Å². The van der Waals surface area contributed by atoms with E-state index in [1.807, 2.05) is 6.07 Å². The van der Waals surface area contributed by atoms with E-state index in [-0.39, 0.29) is 41.5 Å². The van der Waals surface area contributed by atoms with Gasteiger partial charge in [0.2, 0.25) is 5.91 Å². The van der Waals surface area contributed by atoms with Crippen molar-refractivity contribution < 1.29 is 14.3 Å². The highest BCUT2D eigenvalue weighted by atomic mass is 35.5. The molecule has 6 heteroatoms. The summed E-state index contributed by atoms with van der Waals surface area (Å²) in [5, 5.41) is 12.7. The number of aliphatic hydroxyl groups excluding tert-OH is 1. The summed E-state index contributed by atoms with van der Waals surface area (Å²) in [6.45, 7) is 0.525. The number of carbonyl (C=O) groups is 1. The van der Waals surface area contributed by atoms with Gasteiger partial charge in [-0.25, -0.2) is 4.39 Å². The van der Waals surface area contributed by atoms with E-state index in [2.05, 4.69) is 5.32 Å². The molecule has 4 N–H and O–H groups in total. The fraction of sp³-hybridized carbons (Fsp3) is 0.611. The highest BCUT2D eigenvalue weighted by molar-refractivity contribution is 5.85. The lowest BCUT2D eigenvalue weighted by Crippen LogP contribution is -2.41. The van der Waals surface area contributed by atoms with E-state index >= 15 is 0 Å². The third kappa shape index (κ3) is 3.90. The third-order valence-corrected chi connectivity index (χ3v) is 5.55. The van der Waals surface area contributed by atoms with Crippen LogP contribution < -0.4 is 11.1 Å². The number of halogens is 2. The molecule has 0 aromatic heterocycles. The van der Waals surface area contributed by atoms with Gasteiger partial charge in [0.25, 0.3) is 0 Å². The molecule has 1 amide bonds. The topological polar surface area (TPSA) is 75.4 Å². The molecule has 1 aromatic rings. The predicted molar refractivity (Wildman–Crippen MR) is 93.5 cm³/mol. The SMILES string of the molecule is Cl.N[C@@H]1C[C@H](C(=O)NCC2(c3cccc(F)c3)CCCC2)C[C@H]1O. The van der Waals surface area contributed by atoms with E-state index in [0.29, 0.717) is 19.4 Å². The van der Waals surface area contributed by atoms with Crippen LogP contribution in [0.4, 0.5) is 4.39 Å². The molecule has 0 aliphatic heterocycles. The van der Waals surface area contributed by atoms with Crippen LogP contribution in [0.2, 0.25) is 0 Å². The summed E-state index contributed by atoms with van der Waals surface area (Å²) in [5.41, 5.74) is 6.59. The van der Waals surface area contributed by atoms with Gasteiger partial charge in [-0.2, -0.15) is 0 Å². The average molecular weight is 357 g/mol. The first-order valence-corrected chi connectivity index (χ1v) is 8.48. The Hall–Kier alpha value is -1.17. The molecule has 2 aliphatic rings. The zero-order chi connectivity index (χ0) is 16.4. The van der Waals surface area contributed by atoms with Crippen LogP contribution in [0.1, 0.15) is 44.1 Å². The van der Waals surface area contributed by atoms with Gasteiger partial charge in [-0.3, -0.25) is 4.79 Å². The molecule has 134 valence electrons. The van der Waals surface area contributed by atoms with Gasteiger partial charge in [-0.1, -0.05) is 25.0 Å². The standard InChI is InChI=1S/C18H25FN2O2.ClH/c19-14-5-3-4-13(10-14)18(6-1-2-7-18)11-21-17(23)12-8-15(20)16(22)9-12;/h3-5,10,12,15-16,22H,1-2,6-9,11,20H2,(H,21,23);1H/t12-,15+,16+;/m0./s1. The molecular formula is C18H26ClFN2O2. The molecule has 0 heterocycles. The molecule has 3 atom stereocenters. The highest BCUT2D eigenvalue weighted by Crippen LogP contribution is 2.41. The Bertz CT molecular complexity index is 568. The van der Waals surface area contributed by atoms with Crippen LogP contribution in [0.25, 0.3) is 0 Å². The van der Waals surface area contributed by atoms with E-state index in [1.54, 1.807) is 12.1 Å². The lowest BCUT2D eigenvalue weighted by Gasteiger charge is -2.30. The van der Waals surface area contributed by atoms with Gasteiger partial charge in [0, 0.05) is 23.9 Å². The van der Waals surface area contributed by atoms with E-state index in [1.165, 1.54) is 6.07 Å². The fourth-order valence-electron chi connectivity index (χ4n) is 4.10. The van der Waals surface area contributed by atoms with Crippen molar-refractivity contribution >= 4 is 18.3 Å². The Morgan fingerprint density at radius 2 is 2.04 bits per heavy atom. The molecule has 0 unspecified atom stereocenters. The highest BCUT2D eigenvalue weighted by Gasteiger charge is 2.38. The minimum Gasteiger partial charge on any atom is -0.391 e. The molecule has 0 spiro atoms. The number of hydrogen-bond acceptors (Lipinski definition) is 3. The number of amides is 1. The number of aliphatic hydroxyl groups is 1. The molecule has 0 bridgehead atoms. The summed E-state index contributed by atoms with van der Waals surface area (Å²) in [6, 6.07) is 6.42. The fourth-order valence-corrected chi connectivity index (χ4v) is 4.10. The van der Waals surface area contributed by atoms with Crippen molar-refractivity contribution in [3.05, 3.63) is 35.6 Å². The number of hydrogen-bond donors (Lipinski definition) is 3. The van der Waals surface area contributed by atoms with E-state index < -0.39 is 6.10 Å². The minimum absolute atomic E-state index is 0. The van der Waals surface area contributed by atoms with Crippen LogP contribution >= 0.6 is 12.4 Å². The van der Waals surface area contributed by atoms with Crippen molar-refractivity contribution in [2.75, 3.05) is 6.54 Å². The Kier molecular flexibility index (Phi) is 6.23. The summed E-state index contributed by atoms with van der Waals surface area (Å²) in [4.78, 5) is 12.4. The number of carbonyl (C=O) groups excluding carboxylic acids is 1. The maximum atomic E-state index is 13.6. The van der Waals surface area contributed by atoms with E-state index in [0.717, 1.165) is 31.2 Å². The number of rotatable bonds is 4. The van der Waals surface area contributed by atoms with Crippen LogP contribution in [0.15, 0.2) is 24.3 Å². The predicted octanol–water partition coefficient (Wildman–Crippen LogP) is 2.27. The monoisotopic (exact) mass is 356 g/mol. The molecule has 0 radical (unpaired) electrons. The van der Waals surface area contributed by atoms with Crippen molar-refractivity contribution in [1.82, 2.24) is 5.32 Å². The quantitative estimate of drug-likeness (QED) is 0.774. The Balaban J connectivity index is 0.00000208. The first kappa shape index (κ1) is 19.2. The van der Waals surface area contributed by atoms with E-state index in [4.69, 9.17) is 5.73 Å². The molecule has 2 fully saturated rings. The lowest BCUT2D eigenvalue weighted by atomic mass is 9.78. The van der Waals surface area contributed by atoms with Crippen LogP contribution in [0.5, 0.6) is 0 Å². The van der Waals surface area contributed by atoms with Gasteiger partial charge in [-0.15, -0.1) is 12.4 Å². The van der Waals surface area contributed by atoms with Gasteiger partial charge < -0.3 is 16.2 Å². The Morgan fingerprint density at radius 3 is 2.62 bits per heavy atom. The van der Waals surface area contributed by atoms with Gasteiger partial charge in [-0.05, 0) is 43.4 Å². The molecule has 4 nitrogen and oxygen atoms in total. The summed E-state index contributed by atoms with van der Waals surface area (Å²) in [7, 11) is 0. The molecule has 24 heavy (non-hydrogen) atoms. The molecule has 3 rings (SSSR count). The molecule has 1 aromatic carbocycles. The minimum atomic E-state index is -0.589. The van der Waals surface area contributed by atoms with Gasteiger partial charge in [0.05, 0.1) is 6.10 Å². The van der Waals surface area contributed by atoms with E-state index in [9.17, 15) is 14.3 Å². The summed E-state index contributed by atoms with van der Waals surface area (Å²) >= 11 is 0. The molecule has 2 aliphatic carbocycles. The maximum absolute atomic E-state index is 13.6. The summed E-state index contributed by atoms with van der Waals surface area (Å²) < 4.78 is 13.6. The van der Waals surface area contributed by atoms with Crippen molar-refractivity contribution in [3.8, 4) is 0 Å². The number of benzene rings is 1. The second kappa shape index (κ2) is 7.81.